The van der Waals surface area contributed by atoms with Crippen LogP contribution in [-0.2, 0) is 4.79 Å². The molecular weight excluding hydrogens is 184 g/mol. The molecule has 14 heavy (non-hydrogen) atoms. The Morgan fingerprint density at radius 3 is 2.93 bits per heavy atom. The summed E-state index contributed by atoms with van der Waals surface area (Å²) in [6, 6.07) is 0. The average molecular weight is 197 g/mol. The quantitative estimate of drug-likeness (QED) is 0.492. The van der Waals surface area contributed by atoms with Crippen LogP contribution in [0.5, 0.6) is 0 Å². The number of rotatable bonds is 5. The Morgan fingerprint density at radius 1 is 1.71 bits per heavy atom. The minimum Gasteiger partial charge on any atom is -0.477 e. The van der Waals surface area contributed by atoms with Crippen molar-refractivity contribution in [3.8, 4) is 0 Å². The van der Waals surface area contributed by atoms with Gasteiger partial charge in [0.2, 0.25) is 5.84 Å². The molecule has 5 heteroatoms. The van der Waals surface area contributed by atoms with Gasteiger partial charge in [0.1, 0.15) is 6.20 Å². The van der Waals surface area contributed by atoms with Crippen molar-refractivity contribution in [2.75, 3.05) is 13.3 Å². The van der Waals surface area contributed by atoms with Gasteiger partial charge in [0.25, 0.3) is 0 Å². The second-order valence-corrected chi connectivity index (χ2v) is 3.06. The van der Waals surface area contributed by atoms with E-state index in [-0.39, 0.29) is 17.8 Å². The summed E-state index contributed by atoms with van der Waals surface area (Å²) in [5.41, 5.74) is 0. The Morgan fingerprint density at radius 2 is 2.43 bits per heavy atom. The monoisotopic (exact) mass is 197 g/mol. The van der Waals surface area contributed by atoms with Gasteiger partial charge in [-0.15, -0.1) is 6.58 Å². The van der Waals surface area contributed by atoms with Crippen molar-refractivity contribution in [3.63, 3.8) is 0 Å². The summed E-state index contributed by atoms with van der Waals surface area (Å²) in [6.07, 6.45) is 5.20. The molecule has 0 fully saturated rings. The highest BCUT2D eigenvalue weighted by atomic mass is 16.4. The molecule has 1 heterocycles. The Kier molecular flexibility index (Phi) is 3.16. The van der Waals surface area contributed by atoms with Crippen molar-refractivity contribution >= 4 is 11.8 Å². The molecular formula is C9H13N2O3+. The molecule has 0 amide bonds. The standard InChI is InChI=1S/C9H12N2O3/c1-2-3-8-10-4-5-11(8,7-12)6-9(13)14/h2,4-5,12H,1,3,6-7H2/p+1. The number of carboxylic acid groups (broad SMARTS) is 1. The van der Waals surface area contributed by atoms with Gasteiger partial charge < -0.3 is 10.2 Å². The zero-order chi connectivity index (χ0) is 10.6. The first-order valence-corrected chi connectivity index (χ1v) is 4.20. The van der Waals surface area contributed by atoms with Crippen LogP contribution in [-0.4, -0.2) is 39.8 Å². The van der Waals surface area contributed by atoms with Gasteiger partial charge >= 0.3 is 5.97 Å². The van der Waals surface area contributed by atoms with E-state index in [1.807, 2.05) is 0 Å². The number of carboxylic acids is 1. The van der Waals surface area contributed by atoms with Gasteiger partial charge in [0.05, 0.1) is 12.6 Å². The summed E-state index contributed by atoms with van der Waals surface area (Å²) >= 11 is 0. The van der Waals surface area contributed by atoms with Crippen LogP contribution in [0, 0.1) is 0 Å². The molecule has 0 aliphatic carbocycles. The number of quaternary nitrogens is 1. The summed E-state index contributed by atoms with van der Waals surface area (Å²) in [4.78, 5) is 14.6. The lowest BCUT2D eigenvalue weighted by Gasteiger charge is -2.27. The number of hydrogen-bond acceptors (Lipinski definition) is 3. The van der Waals surface area contributed by atoms with Gasteiger partial charge in [-0.1, -0.05) is 6.08 Å². The number of nitrogens with zero attached hydrogens (tertiary/aromatic N) is 2. The molecule has 0 aromatic carbocycles. The molecule has 1 aliphatic rings. The molecule has 0 saturated heterocycles. The molecule has 0 aromatic rings. The SMILES string of the molecule is C=CCC1=NC=C[N+]1(CO)CC(=O)O. The zero-order valence-electron chi connectivity index (χ0n) is 7.76. The number of carbonyl (C=O) groups is 1. The number of aliphatic carboxylic acids is 1. The first-order valence-electron chi connectivity index (χ1n) is 4.20. The van der Waals surface area contributed by atoms with Crippen LogP contribution < -0.4 is 0 Å². The summed E-state index contributed by atoms with van der Waals surface area (Å²) in [5.74, 6) is -0.368. The first-order chi connectivity index (χ1) is 6.64. The van der Waals surface area contributed by atoms with E-state index >= 15 is 0 Å². The fraction of sp³-hybridized carbons (Fsp3) is 0.333. The lowest BCUT2D eigenvalue weighted by atomic mass is 10.3. The smallest absolute Gasteiger partial charge is 0.360 e. The molecule has 0 spiro atoms. The van der Waals surface area contributed by atoms with E-state index in [0.717, 1.165) is 0 Å². The fourth-order valence-electron chi connectivity index (χ4n) is 1.38. The summed E-state index contributed by atoms with van der Waals surface area (Å²) in [6.45, 7) is 3.06. The number of aliphatic imine (C=N–C) groups is 1. The molecule has 0 bridgehead atoms. The lowest BCUT2D eigenvalue weighted by Crippen LogP contribution is -2.50. The van der Waals surface area contributed by atoms with Crippen LogP contribution in [0.4, 0.5) is 0 Å². The third-order valence-electron chi connectivity index (χ3n) is 2.09. The number of aliphatic hydroxyl groups excluding tert-OH is 1. The van der Waals surface area contributed by atoms with E-state index in [1.54, 1.807) is 12.3 Å². The van der Waals surface area contributed by atoms with E-state index in [2.05, 4.69) is 11.6 Å². The highest BCUT2D eigenvalue weighted by Crippen LogP contribution is 2.18. The number of amidine groups is 1. The Balaban J connectivity index is 2.87. The zero-order valence-corrected chi connectivity index (χ0v) is 7.76. The topological polar surface area (TPSA) is 69.9 Å². The molecule has 1 aliphatic heterocycles. The van der Waals surface area contributed by atoms with E-state index < -0.39 is 5.97 Å². The minimum absolute atomic E-state index is 0.124. The highest BCUT2D eigenvalue weighted by molar-refractivity contribution is 5.82. The average Bonchev–Trinajstić information content (AvgIpc) is 2.49. The summed E-state index contributed by atoms with van der Waals surface area (Å²) in [5, 5.41) is 17.9. The van der Waals surface area contributed by atoms with Crippen LogP contribution in [0.15, 0.2) is 30.0 Å². The van der Waals surface area contributed by atoms with Gasteiger partial charge in [0.15, 0.2) is 13.3 Å². The Bertz CT molecular complexity index is 309. The normalized spacial score (nSPS) is 24.8. The first kappa shape index (κ1) is 10.6. The molecule has 1 atom stereocenters. The van der Waals surface area contributed by atoms with Crippen molar-refractivity contribution in [2.45, 2.75) is 6.42 Å². The second kappa shape index (κ2) is 4.17. The molecule has 1 rings (SSSR count). The van der Waals surface area contributed by atoms with Crippen LogP contribution in [0.1, 0.15) is 6.42 Å². The van der Waals surface area contributed by atoms with Gasteiger partial charge in [0, 0.05) is 0 Å². The Hall–Kier alpha value is -1.46. The van der Waals surface area contributed by atoms with Gasteiger partial charge in [-0.05, 0) is 0 Å². The van der Waals surface area contributed by atoms with E-state index in [0.29, 0.717) is 12.3 Å². The highest BCUT2D eigenvalue weighted by Gasteiger charge is 2.36. The largest absolute Gasteiger partial charge is 0.477 e. The molecule has 0 aromatic heterocycles. The third-order valence-corrected chi connectivity index (χ3v) is 2.09. The summed E-state index contributed by atoms with van der Waals surface area (Å²) in [7, 11) is 0. The van der Waals surface area contributed by atoms with E-state index in [4.69, 9.17) is 5.11 Å². The van der Waals surface area contributed by atoms with Gasteiger partial charge in [-0.2, -0.15) is 0 Å². The van der Waals surface area contributed by atoms with Crippen molar-refractivity contribution < 1.29 is 19.5 Å². The molecule has 0 saturated carbocycles. The van der Waals surface area contributed by atoms with Crippen LogP contribution >= 0.6 is 0 Å². The predicted molar refractivity (Wildman–Crippen MR) is 51.2 cm³/mol. The Labute approximate surface area is 81.9 Å². The predicted octanol–water partition coefficient (Wildman–Crippen LogP) is 0.297. The van der Waals surface area contributed by atoms with Crippen molar-refractivity contribution in [2.24, 2.45) is 4.99 Å². The molecule has 2 N–H and O–H groups in total. The van der Waals surface area contributed by atoms with Crippen LogP contribution in [0.3, 0.4) is 0 Å². The number of aliphatic hydroxyl groups is 1. The maximum Gasteiger partial charge on any atom is 0.360 e. The van der Waals surface area contributed by atoms with Crippen molar-refractivity contribution in [3.05, 3.63) is 25.1 Å². The van der Waals surface area contributed by atoms with Crippen molar-refractivity contribution in [1.29, 1.82) is 0 Å². The van der Waals surface area contributed by atoms with Crippen LogP contribution in [0.25, 0.3) is 0 Å². The summed E-state index contributed by atoms with van der Waals surface area (Å²) < 4.78 is -0.124. The number of hydrogen-bond donors (Lipinski definition) is 2. The van der Waals surface area contributed by atoms with E-state index in [9.17, 15) is 9.90 Å². The molecule has 0 radical (unpaired) electrons. The minimum atomic E-state index is -0.970. The maximum atomic E-state index is 10.6. The van der Waals surface area contributed by atoms with E-state index in [1.165, 1.54) is 6.20 Å². The van der Waals surface area contributed by atoms with Crippen LogP contribution in [0.2, 0.25) is 0 Å². The third kappa shape index (κ3) is 1.89. The molecule has 76 valence electrons. The van der Waals surface area contributed by atoms with Gasteiger partial charge in [-0.3, -0.25) is 0 Å². The maximum absolute atomic E-state index is 10.6. The lowest BCUT2D eigenvalue weighted by molar-refractivity contribution is -0.802. The molecule has 1 unspecified atom stereocenters. The fourth-order valence-corrected chi connectivity index (χ4v) is 1.38. The molecule has 5 nitrogen and oxygen atoms in total. The second-order valence-electron chi connectivity index (χ2n) is 3.06. The van der Waals surface area contributed by atoms with Gasteiger partial charge in [-0.25, -0.2) is 14.3 Å². The van der Waals surface area contributed by atoms with Crippen molar-refractivity contribution in [1.82, 2.24) is 0 Å².